The molecule has 42 heavy (non-hydrogen) atoms. The third-order valence-electron chi connectivity index (χ3n) is 8.46. The van der Waals surface area contributed by atoms with Crippen LogP contribution in [0.2, 0.25) is 0 Å². The van der Waals surface area contributed by atoms with Gasteiger partial charge in [-0.2, -0.15) is 10.1 Å². The van der Waals surface area contributed by atoms with Gasteiger partial charge in [-0.3, -0.25) is 9.59 Å². The first-order valence-electron chi connectivity index (χ1n) is 15.8. The maximum Gasteiger partial charge on any atom is 0.159 e. The monoisotopic (exact) mass is 632 g/mol. The summed E-state index contributed by atoms with van der Waals surface area (Å²) in [6.07, 6.45) is 11.4. The fraction of sp³-hybridized carbons (Fsp3) is 0.938. The summed E-state index contributed by atoms with van der Waals surface area (Å²) in [4.78, 5) is 36.2. The van der Waals surface area contributed by atoms with Crippen molar-refractivity contribution < 1.29 is 28.7 Å². The Bertz CT molecular complexity index is 744. The second-order valence-corrected chi connectivity index (χ2v) is 17.4. The lowest BCUT2D eigenvalue weighted by Crippen LogP contribution is -2.61. The van der Waals surface area contributed by atoms with Gasteiger partial charge in [-0.1, -0.05) is 39.0 Å². The summed E-state index contributed by atoms with van der Waals surface area (Å²) >= 11 is 3.05. The molecule has 0 aromatic carbocycles. The van der Waals surface area contributed by atoms with Crippen molar-refractivity contribution in [1.82, 2.24) is 10.1 Å². The van der Waals surface area contributed by atoms with Gasteiger partial charge in [-0.05, 0) is 87.5 Å². The molecule has 10 heteroatoms. The molecule has 2 rings (SSSR count). The Hall–Kier alpha value is -0.200. The molecule has 246 valence electrons. The van der Waals surface area contributed by atoms with Gasteiger partial charge in [0.25, 0.3) is 0 Å². The van der Waals surface area contributed by atoms with Crippen molar-refractivity contribution in [2.75, 3.05) is 14.2 Å². The SMILES string of the molecule is CCCCCCCC(SC(C=O)OC1CC(C)(C)N(OC)C(C)(C)C1)SC(C=O)OC1CC(C)(C)N(OC)C(C)(C)C1. The lowest BCUT2D eigenvalue weighted by atomic mass is 9.80. The normalized spacial score (nSPS) is 25.1. The smallest absolute Gasteiger partial charge is 0.159 e. The number of carbonyl (C=O) groups excluding carboxylic acids is 2. The number of hydrogen-bond donors (Lipinski definition) is 0. The molecular formula is C32H60N2O6S2. The minimum absolute atomic E-state index is 0.00260. The standard InChI is InChI=1S/C32H60N2O6S2/c1-12-13-14-15-16-17-28(41-26(22-35)39-24-18-29(2,3)33(37-10)30(4,5)19-24)42-27(23-36)40-25-20-31(6,7)34(38-11)32(8,9)21-25/h22-28H,12-21H2,1-11H3. The number of hydrogen-bond acceptors (Lipinski definition) is 10. The van der Waals surface area contributed by atoms with E-state index >= 15 is 0 Å². The summed E-state index contributed by atoms with van der Waals surface area (Å²) < 4.78 is 12.9. The molecule has 0 aromatic heterocycles. The molecule has 0 radical (unpaired) electrons. The molecule has 0 N–H and O–H groups in total. The van der Waals surface area contributed by atoms with Gasteiger partial charge in [-0.25, -0.2) is 0 Å². The van der Waals surface area contributed by atoms with Gasteiger partial charge in [0.05, 0.1) is 31.0 Å². The molecule has 2 saturated heterocycles. The molecule has 2 fully saturated rings. The van der Waals surface area contributed by atoms with Crippen molar-refractivity contribution in [3.8, 4) is 0 Å². The van der Waals surface area contributed by atoms with Gasteiger partial charge in [0.15, 0.2) is 23.4 Å². The predicted octanol–water partition coefficient (Wildman–Crippen LogP) is 7.39. The number of piperidine rings is 2. The van der Waals surface area contributed by atoms with Gasteiger partial charge >= 0.3 is 0 Å². The van der Waals surface area contributed by atoms with Crippen molar-refractivity contribution in [2.45, 2.75) is 176 Å². The molecule has 2 aliphatic heterocycles. The Morgan fingerprint density at radius 1 is 0.667 bits per heavy atom. The highest BCUT2D eigenvalue weighted by atomic mass is 32.2. The second-order valence-electron chi connectivity index (χ2n) is 14.4. The number of aldehydes is 2. The fourth-order valence-corrected chi connectivity index (χ4v) is 10.2. The van der Waals surface area contributed by atoms with Crippen molar-refractivity contribution in [3.63, 3.8) is 0 Å². The van der Waals surface area contributed by atoms with Crippen LogP contribution in [0.25, 0.3) is 0 Å². The van der Waals surface area contributed by atoms with Crippen LogP contribution in [0.15, 0.2) is 0 Å². The van der Waals surface area contributed by atoms with E-state index in [0.29, 0.717) is 0 Å². The molecule has 0 aliphatic carbocycles. The maximum absolute atomic E-state index is 12.3. The van der Waals surface area contributed by atoms with E-state index in [1.807, 2.05) is 10.1 Å². The van der Waals surface area contributed by atoms with Crippen molar-refractivity contribution >= 4 is 36.1 Å². The van der Waals surface area contributed by atoms with Crippen LogP contribution in [0.4, 0.5) is 0 Å². The number of hydroxylamine groups is 4. The van der Waals surface area contributed by atoms with Gasteiger partial charge < -0.3 is 19.1 Å². The zero-order valence-corrected chi connectivity index (χ0v) is 29.9. The van der Waals surface area contributed by atoms with Crippen molar-refractivity contribution in [1.29, 1.82) is 0 Å². The van der Waals surface area contributed by atoms with Gasteiger partial charge in [-0.15, -0.1) is 23.5 Å². The van der Waals surface area contributed by atoms with Crippen LogP contribution in [0.3, 0.4) is 0 Å². The van der Waals surface area contributed by atoms with Crippen LogP contribution in [0, 0.1) is 0 Å². The minimum Gasteiger partial charge on any atom is -0.357 e. The van der Waals surface area contributed by atoms with E-state index in [1.165, 1.54) is 42.8 Å². The van der Waals surface area contributed by atoms with E-state index in [4.69, 9.17) is 19.1 Å². The summed E-state index contributed by atoms with van der Waals surface area (Å²) in [5.41, 5.74) is -2.16. The van der Waals surface area contributed by atoms with Crippen LogP contribution in [-0.2, 0) is 28.7 Å². The fourth-order valence-electron chi connectivity index (χ4n) is 7.48. The van der Waals surface area contributed by atoms with Gasteiger partial charge in [0.2, 0.25) is 0 Å². The van der Waals surface area contributed by atoms with Crippen LogP contribution in [0.1, 0.15) is 127 Å². The van der Waals surface area contributed by atoms with Gasteiger partial charge in [0, 0.05) is 22.2 Å². The molecule has 0 spiro atoms. The maximum atomic E-state index is 12.3. The van der Waals surface area contributed by atoms with E-state index in [1.54, 1.807) is 14.2 Å². The predicted molar refractivity (Wildman–Crippen MR) is 174 cm³/mol. The van der Waals surface area contributed by atoms with E-state index in [-0.39, 0.29) is 38.9 Å². The van der Waals surface area contributed by atoms with Crippen LogP contribution < -0.4 is 0 Å². The zero-order chi connectivity index (χ0) is 31.8. The van der Waals surface area contributed by atoms with E-state index in [0.717, 1.165) is 57.5 Å². The Kier molecular flexibility index (Phi) is 14.8. The molecular weight excluding hydrogens is 572 g/mol. The summed E-state index contributed by atoms with van der Waals surface area (Å²) in [6, 6.07) is 0. The Morgan fingerprint density at radius 3 is 1.33 bits per heavy atom. The molecule has 0 saturated carbocycles. The molecule has 0 aromatic rings. The molecule has 0 amide bonds. The van der Waals surface area contributed by atoms with Crippen LogP contribution in [-0.4, -0.2) is 86.7 Å². The highest BCUT2D eigenvalue weighted by Crippen LogP contribution is 2.43. The first-order chi connectivity index (χ1) is 19.5. The zero-order valence-electron chi connectivity index (χ0n) is 28.3. The molecule has 2 unspecified atom stereocenters. The molecule has 8 nitrogen and oxygen atoms in total. The molecule has 2 heterocycles. The Balaban J connectivity index is 2.12. The average Bonchev–Trinajstić information content (AvgIpc) is 2.85. The highest BCUT2D eigenvalue weighted by Gasteiger charge is 2.48. The number of nitrogens with zero attached hydrogens (tertiary/aromatic N) is 2. The quantitative estimate of drug-likeness (QED) is 0.0867. The Labute approximate surface area is 264 Å². The lowest BCUT2D eigenvalue weighted by Gasteiger charge is -2.53. The number of ether oxygens (including phenoxy) is 2. The van der Waals surface area contributed by atoms with E-state index < -0.39 is 10.9 Å². The number of rotatable bonds is 18. The third kappa shape index (κ3) is 10.7. The van der Waals surface area contributed by atoms with Crippen LogP contribution >= 0.6 is 23.5 Å². The van der Waals surface area contributed by atoms with E-state index in [9.17, 15) is 9.59 Å². The number of unbranched alkanes of at least 4 members (excludes halogenated alkanes) is 4. The third-order valence-corrected chi connectivity index (χ3v) is 11.2. The summed E-state index contributed by atoms with van der Waals surface area (Å²) in [5, 5.41) is 4.09. The molecule has 0 bridgehead atoms. The topological polar surface area (TPSA) is 77.5 Å². The number of carbonyl (C=O) groups is 2. The van der Waals surface area contributed by atoms with E-state index in [2.05, 4.69) is 62.3 Å². The van der Waals surface area contributed by atoms with Crippen molar-refractivity contribution in [3.05, 3.63) is 0 Å². The lowest BCUT2D eigenvalue weighted by molar-refractivity contribution is -0.280. The summed E-state index contributed by atoms with van der Waals surface area (Å²) in [5.74, 6) is 0. The highest BCUT2D eigenvalue weighted by molar-refractivity contribution is 8.17. The van der Waals surface area contributed by atoms with Crippen molar-refractivity contribution in [2.24, 2.45) is 0 Å². The second kappa shape index (κ2) is 16.4. The Morgan fingerprint density at radius 2 is 1.02 bits per heavy atom. The number of thioether (sulfide) groups is 2. The first-order valence-corrected chi connectivity index (χ1v) is 17.6. The van der Waals surface area contributed by atoms with Gasteiger partial charge in [0.1, 0.15) is 0 Å². The summed E-state index contributed by atoms with van der Waals surface area (Å²) in [6.45, 7) is 19.4. The molecule has 2 aliphatic rings. The van der Waals surface area contributed by atoms with Crippen LogP contribution in [0.5, 0.6) is 0 Å². The average molecular weight is 633 g/mol. The molecule has 2 atom stereocenters. The first kappa shape index (κ1) is 38.0. The largest absolute Gasteiger partial charge is 0.357 e. The minimum atomic E-state index is -0.612. The summed E-state index contributed by atoms with van der Waals surface area (Å²) in [7, 11) is 3.43.